The Balaban J connectivity index is 1.85. The predicted molar refractivity (Wildman–Crippen MR) is 81.8 cm³/mol. The molecule has 0 bridgehead atoms. The fourth-order valence-electron chi connectivity index (χ4n) is 2.78. The summed E-state index contributed by atoms with van der Waals surface area (Å²) in [7, 11) is 0. The lowest BCUT2D eigenvalue weighted by Gasteiger charge is -2.30. The van der Waals surface area contributed by atoms with Crippen molar-refractivity contribution in [3.8, 4) is 0 Å². The van der Waals surface area contributed by atoms with Gasteiger partial charge in [-0.15, -0.1) is 11.3 Å². The van der Waals surface area contributed by atoms with Crippen LogP contribution >= 0.6 is 11.3 Å². The van der Waals surface area contributed by atoms with E-state index in [-0.39, 0.29) is 0 Å². The Labute approximate surface area is 124 Å². The molecule has 0 aromatic carbocycles. The van der Waals surface area contributed by atoms with Crippen LogP contribution in [-0.2, 0) is 16.1 Å². The van der Waals surface area contributed by atoms with Gasteiger partial charge in [-0.1, -0.05) is 26.2 Å². The van der Waals surface area contributed by atoms with E-state index in [1.807, 2.05) is 11.4 Å². The van der Waals surface area contributed by atoms with Gasteiger partial charge in [-0.05, 0) is 41.8 Å². The van der Waals surface area contributed by atoms with Gasteiger partial charge < -0.3 is 9.84 Å². The number of hydrogen-bond acceptors (Lipinski definition) is 3. The zero-order valence-corrected chi connectivity index (χ0v) is 12.7. The molecule has 1 N–H and O–H groups in total. The van der Waals surface area contributed by atoms with Crippen LogP contribution in [0.2, 0.25) is 0 Å². The molecule has 1 heterocycles. The number of hydrogen-bond donors (Lipinski definition) is 1. The molecule has 110 valence electrons. The highest BCUT2D eigenvalue weighted by Crippen LogP contribution is 2.30. The standard InChI is InChI=1S/C16H22O3S/c1-2-13-5-3-4-6-15(13)19-10-14-9-12(11-20-14)7-8-16(17)18/h7-9,11,13,15H,2-6,10H2,1H3,(H,17,18). The van der Waals surface area contributed by atoms with Crippen molar-refractivity contribution in [1.82, 2.24) is 0 Å². The van der Waals surface area contributed by atoms with Gasteiger partial charge in [0.25, 0.3) is 0 Å². The summed E-state index contributed by atoms with van der Waals surface area (Å²) in [4.78, 5) is 11.6. The van der Waals surface area contributed by atoms with Crippen molar-refractivity contribution in [2.24, 2.45) is 5.92 Å². The zero-order chi connectivity index (χ0) is 14.4. The van der Waals surface area contributed by atoms with Crippen LogP contribution in [0.5, 0.6) is 0 Å². The molecule has 20 heavy (non-hydrogen) atoms. The minimum atomic E-state index is -0.915. The van der Waals surface area contributed by atoms with E-state index in [1.54, 1.807) is 17.4 Å². The highest BCUT2D eigenvalue weighted by Gasteiger charge is 2.24. The molecule has 1 saturated carbocycles. The minimum absolute atomic E-state index is 0.397. The Morgan fingerprint density at radius 3 is 3.05 bits per heavy atom. The maximum Gasteiger partial charge on any atom is 0.328 e. The average molecular weight is 294 g/mol. The molecular weight excluding hydrogens is 272 g/mol. The molecule has 3 nitrogen and oxygen atoms in total. The molecule has 0 amide bonds. The van der Waals surface area contributed by atoms with Crippen molar-refractivity contribution in [1.29, 1.82) is 0 Å². The van der Waals surface area contributed by atoms with E-state index in [9.17, 15) is 4.79 Å². The second kappa shape index (κ2) is 7.60. The van der Waals surface area contributed by atoms with Gasteiger partial charge in [0.2, 0.25) is 0 Å². The average Bonchev–Trinajstić information content (AvgIpc) is 2.91. The SMILES string of the molecule is CCC1CCCCC1OCc1cc(C=CC(=O)O)cs1. The van der Waals surface area contributed by atoms with Gasteiger partial charge in [0.05, 0.1) is 12.7 Å². The highest BCUT2D eigenvalue weighted by molar-refractivity contribution is 7.10. The van der Waals surface area contributed by atoms with Gasteiger partial charge in [0.1, 0.15) is 0 Å². The first-order valence-electron chi connectivity index (χ1n) is 7.29. The summed E-state index contributed by atoms with van der Waals surface area (Å²) >= 11 is 1.63. The number of aliphatic carboxylic acids is 1. The van der Waals surface area contributed by atoms with Crippen LogP contribution < -0.4 is 0 Å². The van der Waals surface area contributed by atoms with Gasteiger partial charge in [0.15, 0.2) is 0 Å². The van der Waals surface area contributed by atoms with E-state index in [1.165, 1.54) is 38.2 Å². The van der Waals surface area contributed by atoms with Gasteiger partial charge >= 0.3 is 5.97 Å². The van der Waals surface area contributed by atoms with E-state index in [0.29, 0.717) is 18.6 Å². The lowest BCUT2D eigenvalue weighted by Crippen LogP contribution is -2.26. The zero-order valence-electron chi connectivity index (χ0n) is 11.9. The summed E-state index contributed by atoms with van der Waals surface area (Å²) in [6.07, 6.45) is 9.46. The van der Waals surface area contributed by atoms with Crippen molar-refractivity contribution in [2.75, 3.05) is 0 Å². The van der Waals surface area contributed by atoms with Gasteiger partial charge in [-0.25, -0.2) is 4.79 Å². The number of carbonyl (C=O) groups is 1. The molecule has 0 saturated heterocycles. The molecule has 1 aromatic heterocycles. The predicted octanol–water partition coefficient (Wildman–Crippen LogP) is 4.33. The summed E-state index contributed by atoms with van der Waals surface area (Å²) < 4.78 is 6.08. The molecule has 0 spiro atoms. The van der Waals surface area contributed by atoms with Crippen molar-refractivity contribution in [3.63, 3.8) is 0 Å². The van der Waals surface area contributed by atoms with Crippen LogP contribution in [0.1, 0.15) is 49.5 Å². The molecular formula is C16H22O3S. The smallest absolute Gasteiger partial charge is 0.328 e. The van der Waals surface area contributed by atoms with Crippen molar-refractivity contribution < 1.29 is 14.6 Å². The molecule has 4 heteroatoms. The van der Waals surface area contributed by atoms with E-state index >= 15 is 0 Å². The Bertz CT molecular complexity index is 464. The molecule has 0 aliphatic heterocycles. The highest BCUT2D eigenvalue weighted by atomic mass is 32.1. The maximum atomic E-state index is 10.5. The topological polar surface area (TPSA) is 46.5 Å². The van der Waals surface area contributed by atoms with Crippen molar-refractivity contribution in [2.45, 2.75) is 51.7 Å². The number of carboxylic acid groups (broad SMARTS) is 1. The van der Waals surface area contributed by atoms with Crippen LogP contribution in [0, 0.1) is 5.92 Å². The monoisotopic (exact) mass is 294 g/mol. The van der Waals surface area contributed by atoms with Crippen LogP contribution in [0.3, 0.4) is 0 Å². The van der Waals surface area contributed by atoms with E-state index < -0.39 is 5.97 Å². The van der Waals surface area contributed by atoms with Crippen LogP contribution in [0.25, 0.3) is 6.08 Å². The summed E-state index contributed by atoms with van der Waals surface area (Å²) in [6.45, 7) is 2.89. The quantitative estimate of drug-likeness (QED) is 0.794. The molecule has 1 aliphatic carbocycles. The van der Waals surface area contributed by atoms with Gasteiger partial charge in [-0.2, -0.15) is 0 Å². The summed E-state index contributed by atoms with van der Waals surface area (Å²) in [5.41, 5.74) is 0.937. The lowest BCUT2D eigenvalue weighted by atomic mass is 9.85. The molecule has 2 rings (SSSR count). The second-order valence-electron chi connectivity index (χ2n) is 5.32. The van der Waals surface area contributed by atoms with Crippen LogP contribution in [0.15, 0.2) is 17.5 Å². The molecule has 0 radical (unpaired) electrons. The third-order valence-corrected chi connectivity index (χ3v) is 4.82. The first kappa shape index (κ1) is 15.3. The van der Waals surface area contributed by atoms with E-state index in [4.69, 9.17) is 9.84 Å². The first-order chi connectivity index (χ1) is 9.69. The Kier molecular flexibility index (Phi) is 5.80. The fourth-order valence-corrected chi connectivity index (χ4v) is 3.55. The normalized spacial score (nSPS) is 23.2. The Morgan fingerprint density at radius 2 is 2.30 bits per heavy atom. The van der Waals surface area contributed by atoms with Crippen molar-refractivity contribution >= 4 is 23.4 Å². The minimum Gasteiger partial charge on any atom is -0.478 e. The summed E-state index contributed by atoms with van der Waals surface area (Å²) in [5, 5.41) is 10.6. The van der Waals surface area contributed by atoms with Gasteiger partial charge in [-0.3, -0.25) is 0 Å². The Hall–Kier alpha value is -1.13. The molecule has 2 atom stereocenters. The number of ether oxygens (including phenoxy) is 1. The number of rotatable bonds is 6. The largest absolute Gasteiger partial charge is 0.478 e. The molecule has 1 aliphatic rings. The third-order valence-electron chi connectivity index (χ3n) is 3.90. The van der Waals surface area contributed by atoms with Crippen molar-refractivity contribution in [3.05, 3.63) is 28.0 Å². The first-order valence-corrected chi connectivity index (χ1v) is 8.17. The molecule has 2 unspecified atom stereocenters. The van der Waals surface area contributed by atoms with Gasteiger partial charge in [0, 0.05) is 11.0 Å². The Morgan fingerprint density at radius 1 is 1.50 bits per heavy atom. The lowest BCUT2D eigenvalue weighted by molar-refractivity contribution is -0.131. The summed E-state index contributed by atoms with van der Waals surface area (Å²) in [5.74, 6) is -0.211. The number of carboxylic acids is 1. The second-order valence-corrected chi connectivity index (χ2v) is 6.32. The number of thiophene rings is 1. The van der Waals surface area contributed by atoms with Crippen LogP contribution in [-0.4, -0.2) is 17.2 Å². The van der Waals surface area contributed by atoms with E-state index in [2.05, 4.69) is 6.92 Å². The molecule has 1 aromatic rings. The summed E-state index contributed by atoms with van der Waals surface area (Å²) in [6, 6.07) is 2.01. The molecule has 1 fully saturated rings. The third kappa shape index (κ3) is 4.46. The maximum absolute atomic E-state index is 10.5. The fraction of sp³-hybridized carbons (Fsp3) is 0.562. The van der Waals surface area contributed by atoms with Crippen LogP contribution in [0.4, 0.5) is 0 Å². The van der Waals surface area contributed by atoms with E-state index in [0.717, 1.165) is 10.4 Å².